The van der Waals surface area contributed by atoms with E-state index in [0.717, 1.165) is 23.0 Å². The van der Waals surface area contributed by atoms with Gasteiger partial charge in [0.2, 0.25) is 0 Å². The predicted octanol–water partition coefficient (Wildman–Crippen LogP) is 5.54. The third kappa shape index (κ3) is 3.90. The summed E-state index contributed by atoms with van der Waals surface area (Å²) in [4.78, 5) is 2.60. The number of hydrogen-bond acceptors (Lipinski definition) is 1. The Balaban J connectivity index is 2.22. The van der Waals surface area contributed by atoms with Crippen LogP contribution >= 0.6 is 23.2 Å². The highest BCUT2D eigenvalue weighted by Crippen LogP contribution is 2.36. The Morgan fingerprint density at radius 2 is 1.85 bits per heavy atom. The van der Waals surface area contributed by atoms with E-state index in [1.165, 1.54) is 44.3 Å². The average Bonchev–Trinajstić information content (AvgIpc) is 2.39. The molecule has 1 nitrogen and oxygen atoms in total. The maximum atomic E-state index is 6.46. The van der Waals surface area contributed by atoms with Crippen molar-refractivity contribution in [3.63, 3.8) is 0 Å². The van der Waals surface area contributed by atoms with Gasteiger partial charge < -0.3 is 4.90 Å². The molecule has 0 N–H and O–H groups in total. The molecule has 0 aliphatic carbocycles. The second-order valence-corrected chi connectivity index (χ2v) is 7.12. The highest BCUT2D eigenvalue weighted by atomic mass is 35.5. The first-order valence-corrected chi connectivity index (χ1v) is 8.48. The van der Waals surface area contributed by atoms with Crippen LogP contribution in [0.1, 0.15) is 51.5 Å². The zero-order chi connectivity index (χ0) is 14.6. The minimum atomic E-state index is 0.119. The number of piperidine rings is 1. The van der Waals surface area contributed by atoms with Gasteiger partial charge in [-0.25, -0.2) is 0 Å². The number of hydrogen-bond donors (Lipinski definition) is 0. The Morgan fingerprint density at radius 3 is 2.45 bits per heavy atom. The van der Waals surface area contributed by atoms with Crippen LogP contribution < -0.4 is 0 Å². The second-order valence-electron chi connectivity index (χ2n) is 6.27. The average molecular weight is 314 g/mol. The molecule has 1 aliphatic rings. The maximum absolute atomic E-state index is 6.46. The van der Waals surface area contributed by atoms with E-state index in [9.17, 15) is 0 Å². The van der Waals surface area contributed by atoms with E-state index >= 15 is 0 Å². The van der Waals surface area contributed by atoms with Crippen molar-refractivity contribution < 1.29 is 0 Å². The molecule has 1 aromatic rings. The van der Waals surface area contributed by atoms with Crippen molar-refractivity contribution in [1.29, 1.82) is 0 Å². The summed E-state index contributed by atoms with van der Waals surface area (Å²) in [7, 11) is 0. The molecule has 3 heteroatoms. The fraction of sp³-hybridized carbons (Fsp3) is 0.647. The fourth-order valence-electron chi connectivity index (χ4n) is 3.44. The molecule has 1 aromatic carbocycles. The predicted molar refractivity (Wildman–Crippen MR) is 89.0 cm³/mol. The SMILES string of the molecule is CCCC(C)(CN1CCCCC1)c1ccc(Cl)cc1Cl. The van der Waals surface area contributed by atoms with Gasteiger partial charge in [0.1, 0.15) is 0 Å². The van der Waals surface area contributed by atoms with Crippen LogP contribution in [-0.4, -0.2) is 24.5 Å². The molecule has 1 atom stereocenters. The first-order valence-electron chi connectivity index (χ1n) is 7.73. The molecule has 1 heterocycles. The van der Waals surface area contributed by atoms with Gasteiger partial charge in [0.05, 0.1) is 0 Å². The standard InChI is InChI=1S/C17H25Cl2N/c1-3-9-17(2,13-20-10-5-4-6-11-20)15-8-7-14(18)12-16(15)19/h7-8,12H,3-6,9-11,13H2,1-2H3. The van der Waals surface area contributed by atoms with E-state index in [-0.39, 0.29) is 5.41 Å². The zero-order valence-corrected chi connectivity index (χ0v) is 14.1. The van der Waals surface area contributed by atoms with Gasteiger partial charge in [-0.15, -0.1) is 0 Å². The third-order valence-electron chi connectivity index (χ3n) is 4.40. The summed E-state index contributed by atoms with van der Waals surface area (Å²) in [5.74, 6) is 0. The summed E-state index contributed by atoms with van der Waals surface area (Å²) in [6.07, 6.45) is 6.37. The van der Waals surface area contributed by atoms with Gasteiger partial charge in [-0.2, -0.15) is 0 Å². The van der Waals surface area contributed by atoms with Gasteiger partial charge in [0, 0.05) is 22.0 Å². The van der Waals surface area contributed by atoms with Crippen molar-refractivity contribution >= 4 is 23.2 Å². The Labute approximate surface area is 133 Å². The molecule has 0 saturated carbocycles. The van der Waals surface area contributed by atoms with E-state index in [2.05, 4.69) is 24.8 Å². The first kappa shape index (κ1) is 16.1. The van der Waals surface area contributed by atoms with Crippen LogP contribution in [0.25, 0.3) is 0 Å². The largest absolute Gasteiger partial charge is 0.302 e. The molecule has 0 aromatic heterocycles. The second kappa shape index (κ2) is 7.15. The van der Waals surface area contributed by atoms with Crippen LogP contribution in [0.5, 0.6) is 0 Å². The van der Waals surface area contributed by atoms with E-state index in [1.807, 2.05) is 12.1 Å². The molecule has 0 radical (unpaired) electrons. The summed E-state index contributed by atoms with van der Waals surface area (Å²) in [6, 6.07) is 5.96. The topological polar surface area (TPSA) is 3.24 Å². The van der Waals surface area contributed by atoms with Gasteiger partial charge in [-0.1, -0.05) is 56.0 Å². The number of likely N-dealkylation sites (tertiary alicyclic amines) is 1. The molecule has 20 heavy (non-hydrogen) atoms. The fourth-order valence-corrected chi connectivity index (χ4v) is 4.08. The maximum Gasteiger partial charge on any atom is 0.0458 e. The molecule has 2 rings (SSSR count). The smallest absolute Gasteiger partial charge is 0.0458 e. The van der Waals surface area contributed by atoms with Crippen LogP contribution in [0.4, 0.5) is 0 Å². The molecule has 1 fully saturated rings. The summed E-state index contributed by atoms with van der Waals surface area (Å²) < 4.78 is 0. The molecule has 0 bridgehead atoms. The van der Waals surface area contributed by atoms with Crippen molar-refractivity contribution in [2.75, 3.05) is 19.6 Å². The molecule has 0 spiro atoms. The summed E-state index contributed by atoms with van der Waals surface area (Å²) in [6.45, 7) is 8.15. The molecule has 1 saturated heterocycles. The zero-order valence-electron chi connectivity index (χ0n) is 12.6. The molecule has 1 aliphatic heterocycles. The van der Waals surface area contributed by atoms with Gasteiger partial charge >= 0.3 is 0 Å². The summed E-state index contributed by atoms with van der Waals surface area (Å²) in [5.41, 5.74) is 1.37. The number of rotatable bonds is 5. The lowest BCUT2D eigenvalue weighted by Gasteiger charge is -2.38. The van der Waals surface area contributed by atoms with Crippen LogP contribution in [0.3, 0.4) is 0 Å². The van der Waals surface area contributed by atoms with E-state index in [0.29, 0.717) is 0 Å². The quantitative estimate of drug-likeness (QED) is 0.690. The number of benzene rings is 1. The van der Waals surface area contributed by atoms with Gasteiger partial charge in [-0.05, 0) is 50.0 Å². The van der Waals surface area contributed by atoms with Gasteiger partial charge in [0.15, 0.2) is 0 Å². The Bertz CT molecular complexity index is 441. The van der Waals surface area contributed by atoms with Crippen molar-refractivity contribution in [3.8, 4) is 0 Å². The van der Waals surface area contributed by atoms with Crippen LogP contribution in [0.15, 0.2) is 18.2 Å². The number of nitrogens with zero attached hydrogens (tertiary/aromatic N) is 1. The normalized spacial score (nSPS) is 19.8. The van der Waals surface area contributed by atoms with Gasteiger partial charge in [0.25, 0.3) is 0 Å². The molecular weight excluding hydrogens is 289 g/mol. The molecule has 0 amide bonds. The van der Waals surface area contributed by atoms with E-state index < -0.39 is 0 Å². The lowest BCUT2D eigenvalue weighted by atomic mass is 9.77. The van der Waals surface area contributed by atoms with E-state index in [4.69, 9.17) is 23.2 Å². The van der Waals surface area contributed by atoms with Crippen molar-refractivity contribution in [2.24, 2.45) is 0 Å². The molecular formula is C17H25Cl2N. The molecule has 1 unspecified atom stereocenters. The van der Waals surface area contributed by atoms with Crippen molar-refractivity contribution in [3.05, 3.63) is 33.8 Å². The monoisotopic (exact) mass is 313 g/mol. The highest BCUT2D eigenvalue weighted by molar-refractivity contribution is 6.35. The third-order valence-corrected chi connectivity index (χ3v) is 4.95. The minimum absolute atomic E-state index is 0.119. The highest BCUT2D eigenvalue weighted by Gasteiger charge is 2.30. The first-order chi connectivity index (χ1) is 9.55. The van der Waals surface area contributed by atoms with Crippen molar-refractivity contribution in [1.82, 2.24) is 4.90 Å². The van der Waals surface area contributed by atoms with E-state index in [1.54, 1.807) is 0 Å². The Kier molecular flexibility index (Phi) is 5.77. The van der Waals surface area contributed by atoms with Crippen LogP contribution in [0, 0.1) is 0 Å². The minimum Gasteiger partial charge on any atom is -0.302 e. The lowest BCUT2D eigenvalue weighted by molar-refractivity contribution is 0.177. The van der Waals surface area contributed by atoms with Gasteiger partial charge in [-0.3, -0.25) is 0 Å². The van der Waals surface area contributed by atoms with Crippen LogP contribution in [-0.2, 0) is 5.41 Å². The lowest BCUT2D eigenvalue weighted by Crippen LogP contribution is -2.41. The Morgan fingerprint density at radius 1 is 1.15 bits per heavy atom. The van der Waals surface area contributed by atoms with Crippen molar-refractivity contribution in [2.45, 2.75) is 51.4 Å². The number of halogens is 2. The summed E-state index contributed by atoms with van der Waals surface area (Å²) >= 11 is 12.5. The summed E-state index contributed by atoms with van der Waals surface area (Å²) in [5, 5.41) is 1.53. The Hall–Kier alpha value is -0.240. The molecule has 112 valence electrons. The van der Waals surface area contributed by atoms with Crippen LogP contribution in [0.2, 0.25) is 10.0 Å².